The van der Waals surface area contributed by atoms with Crippen molar-refractivity contribution < 1.29 is 19.4 Å². The molecule has 2 saturated heterocycles. The van der Waals surface area contributed by atoms with Crippen molar-refractivity contribution in [3.8, 4) is 0 Å². The van der Waals surface area contributed by atoms with E-state index in [0.717, 1.165) is 26.1 Å². The van der Waals surface area contributed by atoms with Crippen LogP contribution >= 0.6 is 11.6 Å². The monoisotopic (exact) mass is 366 g/mol. The van der Waals surface area contributed by atoms with Gasteiger partial charge in [-0.25, -0.2) is 4.79 Å². The molecule has 6 nitrogen and oxygen atoms in total. The number of amides is 1. The van der Waals surface area contributed by atoms with E-state index in [1.165, 1.54) is 4.90 Å². The summed E-state index contributed by atoms with van der Waals surface area (Å²) in [5.41, 5.74) is -0.402. The number of likely N-dealkylation sites (tertiary alicyclic amines) is 1. The molecule has 1 spiro atoms. The summed E-state index contributed by atoms with van der Waals surface area (Å²) in [7, 11) is 0. The number of hydrogen-bond acceptors (Lipinski definition) is 4. The van der Waals surface area contributed by atoms with Gasteiger partial charge in [0, 0.05) is 36.5 Å². The topological polar surface area (TPSA) is 70.1 Å². The number of nitrogens with zero attached hydrogens (tertiary/aromatic N) is 2. The molecule has 1 aromatic rings. The molecule has 0 bridgehead atoms. The lowest BCUT2D eigenvalue weighted by Gasteiger charge is -2.44. The van der Waals surface area contributed by atoms with E-state index in [9.17, 15) is 14.7 Å². The molecule has 136 valence electrons. The van der Waals surface area contributed by atoms with E-state index in [4.69, 9.17) is 16.3 Å². The molecular weight excluding hydrogens is 344 g/mol. The minimum absolute atomic E-state index is 0.0302. The molecule has 0 saturated carbocycles. The van der Waals surface area contributed by atoms with Crippen LogP contribution in [0, 0.1) is 0 Å². The van der Waals surface area contributed by atoms with Gasteiger partial charge in [0.25, 0.3) is 5.91 Å². The van der Waals surface area contributed by atoms with E-state index in [1.807, 2.05) is 0 Å². The zero-order valence-electron chi connectivity index (χ0n) is 14.3. The second-order valence-corrected chi connectivity index (χ2v) is 7.07. The number of aliphatic carboxylic acids is 1. The lowest BCUT2D eigenvalue weighted by Crippen LogP contribution is -2.58. The van der Waals surface area contributed by atoms with Gasteiger partial charge < -0.3 is 14.7 Å². The predicted octanol–water partition coefficient (Wildman–Crippen LogP) is 2.47. The summed E-state index contributed by atoms with van der Waals surface area (Å²) < 4.78 is 5.93. The highest BCUT2D eigenvalue weighted by Gasteiger charge is 2.53. The zero-order chi connectivity index (χ0) is 18.0. The Morgan fingerprint density at radius 1 is 1.28 bits per heavy atom. The van der Waals surface area contributed by atoms with Crippen LogP contribution < -0.4 is 0 Å². The summed E-state index contributed by atoms with van der Waals surface area (Å²) in [6, 6.07) is 5.57. The van der Waals surface area contributed by atoms with Gasteiger partial charge in [-0.1, -0.05) is 18.5 Å². The zero-order valence-corrected chi connectivity index (χ0v) is 15.0. The fourth-order valence-electron chi connectivity index (χ4n) is 3.73. The smallest absolute Gasteiger partial charge is 0.328 e. The average Bonchev–Trinajstić information content (AvgIpc) is 2.96. The Labute approximate surface area is 152 Å². The average molecular weight is 367 g/mol. The van der Waals surface area contributed by atoms with Gasteiger partial charge in [0.05, 0.1) is 6.61 Å². The lowest BCUT2D eigenvalue weighted by molar-refractivity contribution is -0.143. The molecule has 1 N–H and O–H groups in total. The number of carbonyl (C=O) groups is 2. The maximum absolute atomic E-state index is 13.1. The quantitative estimate of drug-likeness (QED) is 0.886. The Kier molecular flexibility index (Phi) is 5.32. The maximum Gasteiger partial charge on any atom is 0.328 e. The highest BCUT2D eigenvalue weighted by Crippen LogP contribution is 2.38. The molecule has 0 aliphatic carbocycles. The highest BCUT2D eigenvalue weighted by molar-refractivity contribution is 6.30. The second-order valence-electron chi connectivity index (χ2n) is 6.63. The van der Waals surface area contributed by atoms with Crippen molar-refractivity contribution in [3.05, 3.63) is 34.9 Å². The van der Waals surface area contributed by atoms with Crippen molar-refractivity contribution in [2.45, 2.75) is 38.0 Å². The number of halogens is 1. The van der Waals surface area contributed by atoms with Crippen LogP contribution in [0.2, 0.25) is 5.02 Å². The van der Waals surface area contributed by atoms with Crippen LogP contribution in [0.1, 0.15) is 36.5 Å². The Morgan fingerprint density at radius 3 is 2.48 bits per heavy atom. The standard InChI is InChI=1S/C18H23ClN2O4/c1-2-9-20-10-7-18(8-11-20)21(15(12-25-18)17(23)24)16(22)13-3-5-14(19)6-4-13/h3-6,15H,2,7-12H2,1H3,(H,23,24)/t15-/m1/s1. The molecule has 1 atom stereocenters. The molecule has 1 aromatic carbocycles. The summed E-state index contributed by atoms with van der Waals surface area (Å²) >= 11 is 5.89. The molecule has 3 rings (SSSR count). The van der Waals surface area contributed by atoms with E-state index in [0.29, 0.717) is 23.4 Å². The third kappa shape index (κ3) is 3.52. The van der Waals surface area contributed by atoms with E-state index in [1.54, 1.807) is 24.3 Å². The van der Waals surface area contributed by atoms with Gasteiger partial charge in [-0.2, -0.15) is 0 Å². The Balaban J connectivity index is 1.87. The first-order valence-corrected chi connectivity index (χ1v) is 9.03. The number of piperidine rings is 1. The largest absolute Gasteiger partial charge is 0.480 e. The molecule has 0 unspecified atom stereocenters. The van der Waals surface area contributed by atoms with Gasteiger partial charge in [0.2, 0.25) is 0 Å². The molecule has 0 radical (unpaired) electrons. The van der Waals surface area contributed by atoms with Gasteiger partial charge in [-0.3, -0.25) is 9.69 Å². The number of carboxylic acids is 1. The van der Waals surface area contributed by atoms with Crippen LogP contribution in [0.25, 0.3) is 0 Å². The Morgan fingerprint density at radius 2 is 1.92 bits per heavy atom. The normalized spacial score (nSPS) is 23.1. The number of carbonyl (C=O) groups excluding carboxylic acids is 1. The van der Waals surface area contributed by atoms with Gasteiger partial charge >= 0.3 is 5.97 Å². The van der Waals surface area contributed by atoms with Crippen LogP contribution in [0.4, 0.5) is 0 Å². The molecule has 2 heterocycles. The van der Waals surface area contributed by atoms with Crippen LogP contribution in [0.5, 0.6) is 0 Å². The summed E-state index contributed by atoms with van der Waals surface area (Å²) in [5, 5.41) is 10.1. The number of hydrogen-bond donors (Lipinski definition) is 1. The fraction of sp³-hybridized carbons (Fsp3) is 0.556. The Bertz CT molecular complexity index is 641. The molecule has 25 heavy (non-hydrogen) atoms. The summed E-state index contributed by atoms with van der Waals surface area (Å²) in [6.07, 6.45) is 2.31. The van der Waals surface area contributed by atoms with Crippen LogP contribution in [0.15, 0.2) is 24.3 Å². The molecular formula is C18H23ClN2O4. The van der Waals surface area contributed by atoms with Gasteiger partial charge in [0.15, 0.2) is 6.04 Å². The summed E-state index contributed by atoms with van der Waals surface area (Å²) in [6.45, 7) is 4.76. The summed E-state index contributed by atoms with van der Waals surface area (Å²) in [5.74, 6) is -1.35. The number of rotatable bonds is 4. The number of benzene rings is 1. The van der Waals surface area contributed by atoms with Crippen LogP contribution in [-0.2, 0) is 9.53 Å². The molecule has 0 aromatic heterocycles. The van der Waals surface area contributed by atoms with Crippen molar-refractivity contribution in [3.63, 3.8) is 0 Å². The molecule has 1 amide bonds. The number of ether oxygens (including phenoxy) is 1. The van der Waals surface area contributed by atoms with E-state index < -0.39 is 17.7 Å². The lowest BCUT2D eigenvalue weighted by atomic mass is 9.96. The molecule has 2 fully saturated rings. The van der Waals surface area contributed by atoms with Gasteiger partial charge in [-0.15, -0.1) is 0 Å². The van der Waals surface area contributed by atoms with Crippen molar-refractivity contribution in [1.29, 1.82) is 0 Å². The van der Waals surface area contributed by atoms with Crippen molar-refractivity contribution >= 4 is 23.5 Å². The Hall–Kier alpha value is -1.63. The summed E-state index contributed by atoms with van der Waals surface area (Å²) in [4.78, 5) is 28.5. The van der Waals surface area contributed by atoms with Crippen molar-refractivity contribution in [2.75, 3.05) is 26.2 Å². The minimum Gasteiger partial charge on any atom is -0.480 e. The van der Waals surface area contributed by atoms with Crippen LogP contribution in [0.3, 0.4) is 0 Å². The third-order valence-corrected chi connectivity index (χ3v) is 5.28. The first-order valence-electron chi connectivity index (χ1n) is 8.65. The predicted molar refractivity (Wildman–Crippen MR) is 93.7 cm³/mol. The first kappa shape index (κ1) is 18.2. The fourth-order valence-corrected chi connectivity index (χ4v) is 3.86. The third-order valence-electron chi connectivity index (χ3n) is 5.03. The minimum atomic E-state index is -1.03. The van der Waals surface area contributed by atoms with Crippen molar-refractivity contribution in [1.82, 2.24) is 9.80 Å². The molecule has 2 aliphatic heterocycles. The van der Waals surface area contributed by atoms with Crippen molar-refractivity contribution in [2.24, 2.45) is 0 Å². The van der Waals surface area contributed by atoms with Crippen LogP contribution in [-0.4, -0.2) is 64.8 Å². The second kappa shape index (κ2) is 7.32. The molecule has 7 heteroatoms. The first-order chi connectivity index (χ1) is 12.0. The molecule has 2 aliphatic rings. The maximum atomic E-state index is 13.1. The van der Waals surface area contributed by atoms with Gasteiger partial charge in [0.1, 0.15) is 5.72 Å². The number of carboxylic acid groups (broad SMARTS) is 1. The van der Waals surface area contributed by atoms with Gasteiger partial charge in [-0.05, 0) is 37.2 Å². The SMILES string of the molecule is CCCN1CCC2(CC1)OC[C@H](C(=O)O)N2C(=O)c1ccc(Cl)cc1. The highest BCUT2D eigenvalue weighted by atomic mass is 35.5. The van der Waals surface area contributed by atoms with E-state index >= 15 is 0 Å². The van der Waals surface area contributed by atoms with E-state index in [2.05, 4.69) is 11.8 Å². The van der Waals surface area contributed by atoms with E-state index in [-0.39, 0.29) is 12.5 Å².